The van der Waals surface area contributed by atoms with Gasteiger partial charge in [-0.2, -0.15) is 0 Å². The van der Waals surface area contributed by atoms with E-state index >= 15 is 0 Å². The zero-order chi connectivity index (χ0) is 20.1. The van der Waals surface area contributed by atoms with Crippen LogP contribution in [-0.2, 0) is 14.8 Å². The van der Waals surface area contributed by atoms with Crippen molar-refractivity contribution in [3.8, 4) is 5.75 Å². The molecule has 9 heteroatoms. The van der Waals surface area contributed by atoms with E-state index in [-0.39, 0.29) is 5.75 Å². The maximum Gasteiger partial charge on any atom is 0.213 e. The Morgan fingerprint density at radius 1 is 1.26 bits per heavy atom. The number of benzene rings is 1. The zero-order valence-electron chi connectivity index (χ0n) is 16.7. The third-order valence-corrected chi connectivity index (χ3v) is 5.73. The summed E-state index contributed by atoms with van der Waals surface area (Å²) in [6.45, 7) is 3.98. The number of rotatable bonds is 12. The van der Waals surface area contributed by atoms with Gasteiger partial charge in [0.2, 0.25) is 10.0 Å². The van der Waals surface area contributed by atoms with Crippen LogP contribution in [0.25, 0.3) is 0 Å². The Morgan fingerprint density at radius 3 is 2.70 bits per heavy atom. The molecule has 154 valence electrons. The maximum absolute atomic E-state index is 11.7. The minimum Gasteiger partial charge on any atom is -0.493 e. The molecule has 8 nitrogen and oxygen atoms in total. The number of sulfonamides is 1. The van der Waals surface area contributed by atoms with Crippen LogP contribution in [0.15, 0.2) is 29.3 Å². The lowest BCUT2D eigenvalue weighted by Crippen LogP contribution is -2.34. The second kappa shape index (κ2) is 12.5. The van der Waals surface area contributed by atoms with E-state index < -0.39 is 10.0 Å². The molecule has 0 aromatic heterocycles. The number of anilines is 1. The molecule has 0 amide bonds. The largest absolute Gasteiger partial charge is 0.493 e. The van der Waals surface area contributed by atoms with Crippen LogP contribution in [0.1, 0.15) is 19.8 Å². The molecule has 1 aromatic carbocycles. The van der Waals surface area contributed by atoms with Crippen molar-refractivity contribution in [3.05, 3.63) is 24.3 Å². The average Bonchev–Trinajstić information content (AvgIpc) is 2.67. The summed E-state index contributed by atoms with van der Waals surface area (Å²) >= 11 is 0. The van der Waals surface area contributed by atoms with Crippen LogP contribution in [0.2, 0.25) is 0 Å². The number of hydrogen-bond donors (Lipinski definition) is 2. The smallest absolute Gasteiger partial charge is 0.213 e. The van der Waals surface area contributed by atoms with Gasteiger partial charge < -0.3 is 20.1 Å². The summed E-state index contributed by atoms with van der Waals surface area (Å²) in [6.07, 6.45) is 1.51. The van der Waals surface area contributed by atoms with E-state index in [2.05, 4.69) is 15.6 Å². The zero-order valence-corrected chi connectivity index (χ0v) is 17.5. The van der Waals surface area contributed by atoms with Crippen molar-refractivity contribution in [2.24, 2.45) is 4.99 Å². The van der Waals surface area contributed by atoms with Crippen molar-refractivity contribution in [1.29, 1.82) is 0 Å². The second-order valence-corrected chi connectivity index (χ2v) is 8.29. The number of nitrogens with zero attached hydrogens (tertiary/aromatic N) is 2. The van der Waals surface area contributed by atoms with Crippen molar-refractivity contribution >= 4 is 21.7 Å². The fourth-order valence-corrected chi connectivity index (χ4v) is 3.09. The van der Waals surface area contributed by atoms with E-state index in [9.17, 15) is 8.42 Å². The van der Waals surface area contributed by atoms with Gasteiger partial charge in [0.05, 0.1) is 12.4 Å². The van der Waals surface area contributed by atoms with Crippen LogP contribution >= 0.6 is 0 Å². The molecule has 2 N–H and O–H groups in total. The van der Waals surface area contributed by atoms with E-state index in [0.29, 0.717) is 38.7 Å². The standard InChI is InChI=1S/C18H32N4O4S/c1-5-27(23,24)22(3)12-7-11-20-18(19-2)21-16-9-6-10-17(15-16)26-14-8-13-25-4/h6,9-10,15H,5,7-8,11-14H2,1-4H3,(H2,19,20,21). The molecule has 0 bridgehead atoms. The van der Waals surface area contributed by atoms with Gasteiger partial charge in [0.1, 0.15) is 5.75 Å². The molecule has 0 heterocycles. The first kappa shape index (κ1) is 23.2. The highest BCUT2D eigenvalue weighted by molar-refractivity contribution is 7.89. The monoisotopic (exact) mass is 400 g/mol. The predicted molar refractivity (Wildman–Crippen MR) is 110 cm³/mol. The lowest BCUT2D eigenvalue weighted by atomic mass is 10.3. The van der Waals surface area contributed by atoms with E-state index in [0.717, 1.165) is 17.9 Å². The number of ether oxygens (including phenoxy) is 2. The van der Waals surface area contributed by atoms with Crippen LogP contribution < -0.4 is 15.4 Å². The van der Waals surface area contributed by atoms with Crippen molar-refractivity contribution in [2.45, 2.75) is 19.8 Å². The molecule has 0 saturated heterocycles. The van der Waals surface area contributed by atoms with Gasteiger partial charge in [-0.1, -0.05) is 6.07 Å². The van der Waals surface area contributed by atoms with Gasteiger partial charge in [-0.15, -0.1) is 0 Å². The van der Waals surface area contributed by atoms with Gasteiger partial charge in [0.25, 0.3) is 0 Å². The molecular weight excluding hydrogens is 368 g/mol. The van der Waals surface area contributed by atoms with Crippen molar-refractivity contribution in [3.63, 3.8) is 0 Å². The van der Waals surface area contributed by atoms with Gasteiger partial charge in [-0.3, -0.25) is 4.99 Å². The number of methoxy groups -OCH3 is 1. The maximum atomic E-state index is 11.7. The Balaban J connectivity index is 2.43. The van der Waals surface area contributed by atoms with Crippen molar-refractivity contribution in [2.75, 3.05) is 58.6 Å². The summed E-state index contributed by atoms with van der Waals surface area (Å²) in [4.78, 5) is 4.19. The van der Waals surface area contributed by atoms with E-state index in [4.69, 9.17) is 9.47 Å². The Bertz CT molecular complexity index is 680. The average molecular weight is 401 g/mol. The second-order valence-electron chi connectivity index (χ2n) is 5.92. The lowest BCUT2D eigenvalue weighted by Gasteiger charge is -2.17. The lowest BCUT2D eigenvalue weighted by molar-refractivity contribution is 0.172. The first-order valence-electron chi connectivity index (χ1n) is 9.06. The molecule has 0 fully saturated rings. The van der Waals surface area contributed by atoms with Gasteiger partial charge in [-0.25, -0.2) is 12.7 Å². The van der Waals surface area contributed by atoms with Gasteiger partial charge in [0, 0.05) is 59.1 Å². The van der Waals surface area contributed by atoms with E-state index in [1.807, 2.05) is 24.3 Å². The molecular formula is C18H32N4O4S. The van der Waals surface area contributed by atoms with Gasteiger partial charge in [-0.05, 0) is 25.5 Å². The molecule has 0 aliphatic rings. The Morgan fingerprint density at radius 2 is 2.04 bits per heavy atom. The van der Waals surface area contributed by atoms with Crippen LogP contribution in [0.4, 0.5) is 5.69 Å². The normalized spacial score (nSPS) is 12.3. The molecule has 0 unspecified atom stereocenters. The third-order valence-electron chi connectivity index (χ3n) is 3.86. The van der Waals surface area contributed by atoms with Gasteiger partial charge >= 0.3 is 0 Å². The molecule has 27 heavy (non-hydrogen) atoms. The first-order chi connectivity index (χ1) is 12.9. The topological polar surface area (TPSA) is 92.3 Å². The molecule has 0 aliphatic heterocycles. The SMILES string of the molecule is CCS(=O)(=O)N(C)CCCNC(=NC)Nc1cccc(OCCCOC)c1. The Kier molecular flexibility index (Phi) is 10.8. The van der Waals surface area contributed by atoms with Gasteiger partial charge in [0.15, 0.2) is 5.96 Å². The third kappa shape index (κ3) is 9.07. The van der Waals surface area contributed by atoms with Crippen LogP contribution in [0.3, 0.4) is 0 Å². The number of nitrogens with one attached hydrogen (secondary N) is 2. The number of aliphatic imine (C=N–C) groups is 1. The molecule has 0 radical (unpaired) electrons. The highest BCUT2D eigenvalue weighted by atomic mass is 32.2. The summed E-state index contributed by atoms with van der Waals surface area (Å²) in [5.74, 6) is 1.51. The highest BCUT2D eigenvalue weighted by Crippen LogP contribution is 2.17. The molecule has 1 rings (SSSR count). The summed E-state index contributed by atoms with van der Waals surface area (Å²) in [5, 5.41) is 6.38. The summed E-state index contributed by atoms with van der Waals surface area (Å²) in [7, 11) is 1.83. The van der Waals surface area contributed by atoms with Crippen molar-refractivity contribution in [1.82, 2.24) is 9.62 Å². The molecule has 0 aliphatic carbocycles. The predicted octanol–water partition coefficient (Wildman–Crippen LogP) is 1.76. The molecule has 0 atom stereocenters. The summed E-state index contributed by atoms with van der Waals surface area (Å²) in [6, 6.07) is 7.64. The quantitative estimate of drug-likeness (QED) is 0.316. The first-order valence-corrected chi connectivity index (χ1v) is 10.7. The van der Waals surface area contributed by atoms with Crippen LogP contribution in [0, 0.1) is 0 Å². The summed E-state index contributed by atoms with van der Waals surface area (Å²) < 4.78 is 35.5. The fraction of sp³-hybridized carbons (Fsp3) is 0.611. The minimum absolute atomic E-state index is 0.115. The van der Waals surface area contributed by atoms with Crippen LogP contribution in [-0.4, -0.2) is 71.9 Å². The number of hydrogen-bond acceptors (Lipinski definition) is 5. The van der Waals surface area contributed by atoms with Crippen LogP contribution in [0.5, 0.6) is 5.75 Å². The number of guanidine groups is 1. The van der Waals surface area contributed by atoms with Crippen molar-refractivity contribution < 1.29 is 17.9 Å². The van der Waals surface area contributed by atoms with E-state index in [1.165, 1.54) is 4.31 Å². The molecule has 0 saturated carbocycles. The fourth-order valence-electron chi connectivity index (χ4n) is 2.24. The Labute approximate surface area is 163 Å². The highest BCUT2D eigenvalue weighted by Gasteiger charge is 2.13. The molecule has 1 aromatic rings. The van der Waals surface area contributed by atoms with E-state index in [1.54, 1.807) is 28.1 Å². The Hall–Kier alpha value is -1.84. The minimum atomic E-state index is -3.13. The molecule has 0 spiro atoms. The summed E-state index contributed by atoms with van der Waals surface area (Å²) in [5.41, 5.74) is 0.859.